The molecule has 2 aliphatic rings. The maximum Gasteiger partial charge on any atom is 0.159 e. The first-order valence-corrected chi connectivity index (χ1v) is 8.61. The molecule has 22 heavy (non-hydrogen) atoms. The smallest absolute Gasteiger partial charge is 0.159 e. The Hall–Kier alpha value is -1.38. The van der Waals surface area contributed by atoms with Crippen molar-refractivity contribution in [2.24, 2.45) is 4.99 Å². The molecule has 1 fully saturated rings. The molecule has 3 rings (SSSR count). The van der Waals surface area contributed by atoms with Crippen molar-refractivity contribution in [1.82, 2.24) is 4.90 Å². The van der Waals surface area contributed by atoms with Crippen LogP contribution in [0.15, 0.2) is 23.2 Å². The maximum atomic E-state index is 9.29. The molecule has 0 amide bonds. The number of para-hydroxylation sites is 1. The lowest BCUT2D eigenvalue weighted by Gasteiger charge is -2.37. The lowest BCUT2D eigenvalue weighted by atomic mass is 10.1. The van der Waals surface area contributed by atoms with Gasteiger partial charge in [-0.1, -0.05) is 29.4 Å². The predicted molar refractivity (Wildman–Crippen MR) is 93.9 cm³/mol. The van der Waals surface area contributed by atoms with Crippen LogP contribution in [0, 0.1) is 11.3 Å². The van der Waals surface area contributed by atoms with Crippen molar-refractivity contribution in [2.45, 2.75) is 18.6 Å². The summed E-state index contributed by atoms with van der Waals surface area (Å²) >= 11 is 8.17. The summed E-state index contributed by atoms with van der Waals surface area (Å²) in [5, 5.41) is 11.1. The van der Waals surface area contributed by atoms with Gasteiger partial charge in [0.2, 0.25) is 0 Å². The average Bonchev–Trinajstić information content (AvgIpc) is 2.87. The summed E-state index contributed by atoms with van der Waals surface area (Å²) in [7, 11) is 0. The van der Waals surface area contributed by atoms with Crippen LogP contribution in [0.5, 0.6) is 0 Å². The van der Waals surface area contributed by atoms with Crippen LogP contribution in [0.4, 0.5) is 5.69 Å². The maximum absolute atomic E-state index is 9.29. The van der Waals surface area contributed by atoms with Gasteiger partial charge in [-0.2, -0.15) is 5.26 Å². The highest BCUT2D eigenvalue weighted by molar-refractivity contribution is 8.15. The molecular formula is C16H19ClN4S. The number of benzene rings is 1. The van der Waals surface area contributed by atoms with Crippen LogP contribution >= 0.6 is 23.4 Å². The minimum Gasteiger partial charge on any atom is -0.366 e. The highest BCUT2D eigenvalue weighted by atomic mass is 35.5. The number of rotatable bonds is 1. The van der Waals surface area contributed by atoms with Crippen LogP contribution in [0.25, 0.3) is 0 Å². The SMILES string of the molecule is CC1(C)CN=C(N2CCN(c3c(Cl)cccc3C#N)CC2)S1. The average molecular weight is 335 g/mol. The van der Waals surface area contributed by atoms with Gasteiger partial charge in [0.1, 0.15) is 6.07 Å². The van der Waals surface area contributed by atoms with Crippen molar-refractivity contribution >= 4 is 34.2 Å². The van der Waals surface area contributed by atoms with E-state index in [0.717, 1.165) is 43.6 Å². The molecule has 0 spiro atoms. The van der Waals surface area contributed by atoms with Gasteiger partial charge in [0.25, 0.3) is 0 Å². The molecule has 2 heterocycles. The molecule has 4 nitrogen and oxygen atoms in total. The Morgan fingerprint density at radius 2 is 1.91 bits per heavy atom. The third-order valence-electron chi connectivity index (χ3n) is 3.94. The number of nitrogens with zero attached hydrogens (tertiary/aromatic N) is 4. The van der Waals surface area contributed by atoms with Crippen molar-refractivity contribution in [3.8, 4) is 6.07 Å². The molecule has 0 aromatic heterocycles. The lowest BCUT2D eigenvalue weighted by molar-refractivity contribution is 0.392. The van der Waals surface area contributed by atoms with Gasteiger partial charge >= 0.3 is 0 Å². The number of amidine groups is 1. The fraction of sp³-hybridized carbons (Fsp3) is 0.500. The Bertz CT molecular complexity index is 642. The topological polar surface area (TPSA) is 42.6 Å². The normalized spacial score (nSPS) is 20.7. The molecule has 0 saturated carbocycles. The molecule has 1 aromatic rings. The number of hydrogen-bond donors (Lipinski definition) is 0. The molecular weight excluding hydrogens is 316 g/mol. The molecule has 0 bridgehead atoms. The van der Waals surface area contributed by atoms with Gasteiger partial charge in [-0.15, -0.1) is 0 Å². The molecule has 6 heteroatoms. The Balaban J connectivity index is 1.70. The summed E-state index contributed by atoms with van der Waals surface area (Å²) in [6, 6.07) is 7.75. The number of halogens is 1. The zero-order valence-corrected chi connectivity index (χ0v) is 14.4. The monoisotopic (exact) mass is 334 g/mol. The van der Waals surface area contributed by atoms with E-state index in [-0.39, 0.29) is 4.75 Å². The van der Waals surface area contributed by atoms with E-state index >= 15 is 0 Å². The fourth-order valence-corrected chi connectivity index (χ4v) is 4.14. The number of anilines is 1. The van der Waals surface area contributed by atoms with Gasteiger partial charge in [-0.05, 0) is 26.0 Å². The summed E-state index contributed by atoms with van der Waals surface area (Å²) in [5.41, 5.74) is 1.52. The van der Waals surface area contributed by atoms with Crippen molar-refractivity contribution < 1.29 is 0 Å². The first-order valence-electron chi connectivity index (χ1n) is 7.42. The highest BCUT2D eigenvalue weighted by Crippen LogP contribution is 2.35. The van der Waals surface area contributed by atoms with Gasteiger partial charge in [0.15, 0.2) is 5.17 Å². The molecule has 2 aliphatic heterocycles. The van der Waals surface area contributed by atoms with Crippen LogP contribution in [0.2, 0.25) is 5.02 Å². The molecule has 0 N–H and O–H groups in total. The molecule has 1 saturated heterocycles. The first-order chi connectivity index (χ1) is 10.5. The third-order valence-corrected chi connectivity index (χ3v) is 5.49. The lowest BCUT2D eigenvalue weighted by Crippen LogP contribution is -2.48. The second-order valence-corrected chi connectivity index (χ2v) is 8.26. The molecule has 0 atom stereocenters. The number of nitriles is 1. The third kappa shape index (κ3) is 3.04. The minimum atomic E-state index is 0.211. The number of thioether (sulfide) groups is 1. The van der Waals surface area contributed by atoms with Crippen LogP contribution in [-0.2, 0) is 0 Å². The fourth-order valence-electron chi connectivity index (χ4n) is 2.78. The summed E-state index contributed by atoms with van der Waals surface area (Å²) in [5.74, 6) is 0. The van der Waals surface area contributed by atoms with E-state index in [2.05, 4.69) is 34.7 Å². The molecule has 0 aliphatic carbocycles. The number of piperazine rings is 1. The summed E-state index contributed by atoms with van der Waals surface area (Å²) < 4.78 is 0.211. The van der Waals surface area contributed by atoms with Gasteiger partial charge < -0.3 is 9.80 Å². The van der Waals surface area contributed by atoms with Crippen LogP contribution in [0.3, 0.4) is 0 Å². The minimum absolute atomic E-state index is 0.211. The molecule has 0 radical (unpaired) electrons. The van der Waals surface area contributed by atoms with E-state index in [4.69, 9.17) is 11.6 Å². The van der Waals surface area contributed by atoms with Crippen molar-refractivity contribution in [1.29, 1.82) is 5.26 Å². The van der Waals surface area contributed by atoms with E-state index in [1.165, 1.54) is 0 Å². The Morgan fingerprint density at radius 3 is 2.50 bits per heavy atom. The number of aliphatic imine (C=N–C) groups is 1. The van der Waals surface area contributed by atoms with Crippen molar-refractivity contribution in [3.63, 3.8) is 0 Å². The van der Waals surface area contributed by atoms with E-state index in [1.54, 1.807) is 0 Å². The molecule has 0 unspecified atom stereocenters. The van der Waals surface area contributed by atoms with E-state index in [0.29, 0.717) is 10.6 Å². The van der Waals surface area contributed by atoms with Gasteiger partial charge in [0.05, 0.1) is 22.8 Å². The van der Waals surface area contributed by atoms with Crippen LogP contribution in [0.1, 0.15) is 19.4 Å². The highest BCUT2D eigenvalue weighted by Gasteiger charge is 2.32. The zero-order valence-electron chi connectivity index (χ0n) is 12.8. The Morgan fingerprint density at radius 1 is 1.23 bits per heavy atom. The van der Waals surface area contributed by atoms with Gasteiger partial charge in [-0.3, -0.25) is 4.99 Å². The Kier molecular flexibility index (Phi) is 4.24. The van der Waals surface area contributed by atoms with Crippen LogP contribution in [-0.4, -0.2) is 47.5 Å². The van der Waals surface area contributed by atoms with Crippen LogP contribution < -0.4 is 4.90 Å². The Labute approximate surface area is 140 Å². The van der Waals surface area contributed by atoms with Crippen molar-refractivity contribution in [3.05, 3.63) is 28.8 Å². The second kappa shape index (κ2) is 6.02. The summed E-state index contributed by atoms with van der Waals surface area (Å²) in [6.45, 7) is 8.89. The first kappa shape index (κ1) is 15.5. The van der Waals surface area contributed by atoms with Gasteiger partial charge in [0, 0.05) is 30.9 Å². The number of hydrogen-bond acceptors (Lipinski definition) is 5. The molecule has 116 valence electrons. The predicted octanol–water partition coefficient (Wildman–Crippen LogP) is 3.22. The summed E-state index contributed by atoms with van der Waals surface area (Å²) in [6.07, 6.45) is 0. The largest absolute Gasteiger partial charge is 0.366 e. The quantitative estimate of drug-likeness (QED) is 0.791. The second-order valence-electron chi connectivity index (χ2n) is 6.18. The van der Waals surface area contributed by atoms with E-state index in [9.17, 15) is 5.26 Å². The van der Waals surface area contributed by atoms with Gasteiger partial charge in [-0.25, -0.2) is 0 Å². The van der Waals surface area contributed by atoms with Crippen molar-refractivity contribution in [2.75, 3.05) is 37.6 Å². The standard InChI is InChI=1S/C16H19ClN4S/c1-16(2)11-19-15(22-16)21-8-6-20(7-9-21)14-12(10-18)4-3-5-13(14)17/h3-5H,6-9,11H2,1-2H3. The molecule has 1 aromatic carbocycles. The summed E-state index contributed by atoms with van der Waals surface area (Å²) in [4.78, 5) is 9.23. The van der Waals surface area contributed by atoms with E-state index < -0.39 is 0 Å². The van der Waals surface area contributed by atoms with E-state index in [1.807, 2.05) is 30.0 Å². The zero-order chi connectivity index (χ0) is 15.7.